The molecule has 0 bridgehead atoms. The van der Waals surface area contributed by atoms with Crippen LogP contribution in [0, 0.1) is 0 Å². The van der Waals surface area contributed by atoms with E-state index in [4.69, 9.17) is 4.74 Å². The molecular weight excluding hydrogens is 392 g/mol. The van der Waals surface area contributed by atoms with Crippen LogP contribution in [0.2, 0.25) is 0 Å². The summed E-state index contributed by atoms with van der Waals surface area (Å²) in [4.78, 5) is 4.53. The molecule has 2 aromatic carbocycles. The third-order valence-corrected chi connectivity index (χ3v) is 6.13. The number of nitrogens with zero attached hydrogens (tertiary/aromatic N) is 2. The molecule has 0 aliphatic carbocycles. The van der Waals surface area contributed by atoms with Gasteiger partial charge in [0.2, 0.25) is 0 Å². The summed E-state index contributed by atoms with van der Waals surface area (Å²) in [6.07, 6.45) is 0.483. The van der Waals surface area contributed by atoms with Gasteiger partial charge in [-0.05, 0) is 23.8 Å². The molecule has 0 aromatic heterocycles. The van der Waals surface area contributed by atoms with Crippen LogP contribution in [0.15, 0.2) is 62.9 Å². The highest BCUT2D eigenvalue weighted by atomic mass is 79.9. The monoisotopic (exact) mass is 408 g/mol. The van der Waals surface area contributed by atoms with Crippen molar-refractivity contribution in [3.05, 3.63) is 58.6 Å². The second kappa shape index (κ2) is 6.94. The third-order valence-electron chi connectivity index (χ3n) is 3.78. The van der Waals surface area contributed by atoms with Crippen molar-refractivity contribution >= 4 is 31.8 Å². The second-order valence-electron chi connectivity index (χ2n) is 5.33. The van der Waals surface area contributed by atoms with E-state index in [1.54, 1.807) is 18.2 Å². The molecule has 126 valence electrons. The first kappa shape index (κ1) is 17.0. The molecule has 5 nitrogen and oxygen atoms in total. The van der Waals surface area contributed by atoms with E-state index in [9.17, 15) is 8.42 Å². The first-order chi connectivity index (χ1) is 11.5. The molecule has 0 spiro atoms. The summed E-state index contributed by atoms with van der Waals surface area (Å²) in [5.41, 5.74) is 1.03. The molecular formula is C17H17BrN2O3S. The van der Waals surface area contributed by atoms with Crippen molar-refractivity contribution < 1.29 is 13.2 Å². The van der Waals surface area contributed by atoms with Gasteiger partial charge in [-0.15, -0.1) is 0 Å². The summed E-state index contributed by atoms with van der Waals surface area (Å²) in [7, 11) is -2.26. The summed E-state index contributed by atoms with van der Waals surface area (Å²) in [6.45, 7) is 0.817. The second-order valence-corrected chi connectivity index (χ2v) is 8.08. The van der Waals surface area contributed by atoms with Gasteiger partial charge in [0, 0.05) is 10.9 Å². The van der Waals surface area contributed by atoms with Gasteiger partial charge in [0.1, 0.15) is 16.5 Å². The van der Waals surface area contributed by atoms with E-state index in [-0.39, 0.29) is 4.90 Å². The lowest BCUT2D eigenvalue weighted by Crippen LogP contribution is -2.35. The quantitative estimate of drug-likeness (QED) is 0.763. The normalized spacial score (nSPS) is 14.6. The number of hydrogen-bond acceptors (Lipinski definition) is 4. The fourth-order valence-electron chi connectivity index (χ4n) is 2.63. The van der Waals surface area contributed by atoms with Crippen LogP contribution < -0.4 is 4.74 Å². The maximum absolute atomic E-state index is 13.1. The molecule has 1 aliphatic heterocycles. The zero-order valence-electron chi connectivity index (χ0n) is 13.1. The Morgan fingerprint density at radius 3 is 2.67 bits per heavy atom. The Balaban J connectivity index is 1.95. The van der Waals surface area contributed by atoms with Crippen molar-refractivity contribution in [3.8, 4) is 5.75 Å². The largest absolute Gasteiger partial charge is 0.495 e. The van der Waals surface area contributed by atoms with E-state index in [1.165, 1.54) is 11.4 Å². The number of aliphatic imine (C=N–C) groups is 1. The minimum atomic E-state index is -3.73. The van der Waals surface area contributed by atoms with Gasteiger partial charge in [0.15, 0.2) is 0 Å². The van der Waals surface area contributed by atoms with Crippen molar-refractivity contribution in [2.75, 3.05) is 20.2 Å². The number of hydrogen-bond donors (Lipinski definition) is 0. The Kier molecular flexibility index (Phi) is 4.91. The summed E-state index contributed by atoms with van der Waals surface area (Å²) in [5.74, 6) is 0.882. The average Bonchev–Trinajstić information content (AvgIpc) is 3.04. The van der Waals surface area contributed by atoms with E-state index in [0.717, 1.165) is 5.56 Å². The third kappa shape index (κ3) is 3.32. The van der Waals surface area contributed by atoms with Crippen LogP contribution in [-0.2, 0) is 16.4 Å². The maximum atomic E-state index is 13.1. The Bertz CT molecular complexity index is 867. The van der Waals surface area contributed by atoms with Gasteiger partial charge >= 0.3 is 0 Å². The number of benzene rings is 2. The summed E-state index contributed by atoms with van der Waals surface area (Å²) < 4.78 is 33.5. The minimum Gasteiger partial charge on any atom is -0.495 e. The highest BCUT2D eigenvalue weighted by molar-refractivity contribution is 9.10. The molecule has 0 N–H and O–H groups in total. The lowest BCUT2D eigenvalue weighted by atomic mass is 10.1. The Morgan fingerprint density at radius 1 is 1.21 bits per heavy atom. The number of amidine groups is 1. The van der Waals surface area contributed by atoms with Gasteiger partial charge in [0.05, 0.1) is 20.2 Å². The highest BCUT2D eigenvalue weighted by Crippen LogP contribution is 2.31. The fraction of sp³-hybridized carbons (Fsp3) is 0.235. The standard InChI is InChI=1S/C17H17BrN2O3S/c1-23-15-8-7-14(18)12-16(15)24(21,22)20-10-9-19-17(20)11-13-5-3-2-4-6-13/h2-8,12H,9-11H2,1H3. The number of halogens is 1. The fourth-order valence-corrected chi connectivity index (χ4v) is 4.78. The van der Waals surface area contributed by atoms with E-state index >= 15 is 0 Å². The average molecular weight is 409 g/mol. The molecule has 0 saturated carbocycles. The molecule has 0 radical (unpaired) electrons. The van der Waals surface area contributed by atoms with E-state index in [2.05, 4.69) is 20.9 Å². The van der Waals surface area contributed by atoms with Gasteiger partial charge in [-0.3, -0.25) is 9.30 Å². The highest BCUT2D eigenvalue weighted by Gasteiger charge is 2.32. The Morgan fingerprint density at radius 2 is 1.96 bits per heavy atom. The number of sulfonamides is 1. The Labute approximate surface area is 150 Å². The van der Waals surface area contributed by atoms with Crippen LogP contribution in [0.4, 0.5) is 0 Å². The molecule has 1 aliphatic rings. The lowest BCUT2D eigenvalue weighted by molar-refractivity contribution is 0.401. The Hall–Kier alpha value is -1.86. The molecule has 3 rings (SSSR count). The van der Waals surface area contributed by atoms with Crippen LogP contribution in [0.3, 0.4) is 0 Å². The van der Waals surface area contributed by atoms with E-state index in [0.29, 0.717) is 35.6 Å². The van der Waals surface area contributed by atoms with Gasteiger partial charge in [0.25, 0.3) is 10.0 Å². The smallest absolute Gasteiger partial charge is 0.269 e. The molecule has 2 aromatic rings. The van der Waals surface area contributed by atoms with Crippen molar-refractivity contribution in [3.63, 3.8) is 0 Å². The SMILES string of the molecule is COc1ccc(Br)cc1S(=O)(=O)N1CCN=C1Cc1ccccc1. The van der Waals surface area contributed by atoms with Crippen LogP contribution in [0.25, 0.3) is 0 Å². The van der Waals surface area contributed by atoms with Gasteiger partial charge in [-0.2, -0.15) is 0 Å². The number of ether oxygens (including phenoxy) is 1. The maximum Gasteiger partial charge on any atom is 0.269 e. The number of methoxy groups -OCH3 is 1. The van der Waals surface area contributed by atoms with Crippen LogP contribution in [0.5, 0.6) is 5.75 Å². The zero-order valence-corrected chi connectivity index (χ0v) is 15.5. The van der Waals surface area contributed by atoms with Crippen LogP contribution >= 0.6 is 15.9 Å². The molecule has 7 heteroatoms. The molecule has 24 heavy (non-hydrogen) atoms. The first-order valence-corrected chi connectivity index (χ1v) is 9.69. The van der Waals surface area contributed by atoms with Gasteiger partial charge < -0.3 is 4.74 Å². The van der Waals surface area contributed by atoms with Gasteiger partial charge in [-0.1, -0.05) is 46.3 Å². The molecule has 0 saturated heterocycles. The van der Waals surface area contributed by atoms with Crippen molar-refractivity contribution in [2.24, 2.45) is 4.99 Å². The molecule has 0 atom stereocenters. The van der Waals surface area contributed by atoms with Crippen LogP contribution in [-0.4, -0.2) is 38.8 Å². The predicted octanol–water partition coefficient (Wildman–Crippen LogP) is 3.10. The van der Waals surface area contributed by atoms with Crippen molar-refractivity contribution in [2.45, 2.75) is 11.3 Å². The molecule has 0 unspecified atom stereocenters. The molecule has 1 heterocycles. The zero-order chi connectivity index (χ0) is 17.2. The van der Waals surface area contributed by atoms with Gasteiger partial charge in [-0.25, -0.2) is 8.42 Å². The van der Waals surface area contributed by atoms with Crippen LogP contribution in [0.1, 0.15) is 5.56 Å². The van der Waals surface area contributed by atoms with E-state index in [1.807, 2.05) is 30.3 Å². The predicted molar refractivity (Wildman–Crippen MR) is 97.0 cm³/mol. The van der Waals surface area contributed by atoms with Crippen molar-refractivity contribution in [1.82, 2.24) is 4.31 Å². The summed E-state index contributed by atoms with van der Waals surface area (Å²) >= 11 is 3.33. The van der Waals surface area contributed by atoms with E-state index < -0.39 is 10.0 Å². The first-order valence-electron chi connectivity index (χ1n) is 7.46. The van der Waals surface area contributed by atoms with Crippen molar-refractivity contribution in [1.29, 1.82) is 0 Å². The summed E-state index contributed by atoms with van der Waals surface area (Å²) in [5, 5.41) is 0. The minimum absolute atomic E-state index is 0.141. The molecule has 0 amide bonds. The summed E-state index contributed by atoms with van der Waals surface area (Å²) in [6, 6.07) is 14.7. The number of rotatable bonds is 5. The molecule has 0 fully saturated rings. The lowest BCUT2D eigenvalue weighted by Gasteiger charge is -2.22. The topological polar surface area (TPSA) is 59.0 Å².